The Morgan fingerprint density at radius 3 is 1.88 bits per heavy atom. The van der Waals surface area contributed by atoms with Crippen molar-refractivity contribution in [2.75, 3.05) is 6.61 Å². The van der Waals surface area contributed by atoms with Crippen molar-refractivity contribution in [2.45, 2.75) is 52.9 Å². The van der Waals surface area contributed by atoms with Gasteiger partial charge in [0.25, 0.3) is 0 Å². The topological polar surface area (TPSA) is 52.6 Å². The van der Waals surface area contributed by atoms with Crippen molar-refractivity contribution < 1.29 is 19.1 Å². The van der Waals surface area contributed by atoms with Crippen LogP contribution in [0, 0.1) is 5.92 Å². The van der Waals surface area contributed by atoms with Gasteiger partial charge in [-0.2, -0.15) is 0 Å². The Morgan fingerprint density at radius 2 is 1.29 bits per heavy atom. The van der Waals surface area contributed by atoms with Crippen LogP contribution in [0.5, 0.6) is 5.75 Å². The van der Waals surface area contributed by atoms with E-state index in [2.05, 4.69) is 20.8 Å². The molecule has 0 radical (unpaired) electrons. The van der Waals surface area contributed by atoms with Crippen LogP contribution >= 0.6 is 0 Å². The Kier molecular flexibility index (Phi) is 9.45. The molecule has 0 amide bonds. The molecule has 34 heavy (non-hydrogen) atoms. The van der Waals surface area contributed by atoms with Crippen molar-refractivity contribution in [1.29, 1.82) is 0 Å². The second-order valence-electron chi connectivity index (χ2n) is 8.76. The maximum Gasteiger partial charge on any atom is 0.343 e. The maximum absolute atomic E-state index is 12.5. The SMILES string of the molecule is CCCCCc1ccc(C(=O)Oc2ccc(-c3ccc(C(=O)OCC(C)CC)cc3)cc2)cc1. The zero-order valence-corrected chi connectivity index (χ0v) is 20.4. The average molecular weight is 459 g/mol. The van der Waals surface area contributed by atoms with Crippen LogP contribution in [-0.2, 0) is 11.2 Å². The second kappa shape index (κ2) is 12.7. The third kappa shape index (κ3) is 7.31. The summed E-state index contributed by atoms with van der Waals surface area (Å²) in [5.74, 6) is 0.174. The average Bonchev–Trinajstić information content (AvgIpc) is 2.88. The van der Waals surface area contributed by atoms with E-state index in [-0.39, 0.29) is 11.9 Å². The molecule has 0 spiro atoms. The highest BCUT2D eigenvalue weighted by molar-refractivity contribution is 5.91. The lowest BCUT2D eigenvalue weighted by atomic mass is 10.0. The summed E-state index contributed by atoms with van der Waals surface area (Å²) in [6.07, 6.45) is 5.59. The standard InChI is InChI=1S/C30H34O4/c1-4-6-7-8-23-9-11-27(12-10-23)30(32)34-28-19-17-25(18-20-28)24-13-15-26(16-14-24)29(31)33-21-22(3)5-2/h9-20,22H,4-8,21H2,1-3H3. The molecule has 0 saturated carbocycles. The number of hydrogen-bond acceptors (Lipinski definition) is 4. The molecule has 4 nitrogen and oxygen atoms in total. The predicted octanol–water partition coefficient (Wildman–Crippen LogP) is 7.51. The summed E-state index contributed by atoms with van der Waals surface area (Å²) < 4.78 is 10.9. The molecule has 1 unspecified atom stereocenters. The van der Waals surface area contributed by atoms with E-state index in [1.54, 1.807) is 24.3 Å². The van der Waals surface area contributed by atoms with E-state index in [9.17, 15) is 9.59 Å². The predicted molar refractivity (Wildman–Crippen MR) is 136 cm³/mol. The van der Waals surface area contributed by atoms with E-state index in [1.165, 1.54) is 18.4 Å². The van der Waals surface area contributed by atoms with Gasteiger partial charge in [-0.1, -0.05) is 76.4 Å². The third-order valence-corrected chi connectivity index (χ3v) is 5.97. The molecule has 0 heterocycles. The normalized spacial score (nSPS) is 11.6. The number of esters is 2. The molecule has 0 aromatic heterocycles. The van der Waals surface area contributed by atoms with Crippen molar-refractivity contribution in [2.24, 2.45) is 5.92 Å². The molecular weight excluding hydrogens is 424 g/mol. The molecule has 0 aliphatic rings. The van der Waals surface area contributed by atoms with Crippen LogP contribution < -0.4 is 4.74 Å². The molecule has 1 atom stereocenters. The zero-order chi connectivity index (χ0) is 24.3. The first-order chi connectivity index (χ1) is 16.5. The van der Waals surface area contributed by atoms with Gasteiger partial charge in [0.15, 0.2) is 0 Å². The van der Waals surface area contributed by atoms with E-state index < -0.39 is 0 Å². The van der Waals surface area contributed by atoms with E-state index in [0.29, 0.717) is 29.4 Å². The van der Waals surface area contributed by atoms with E-state index >= 15 is 0 Å². The second-order valence-corrected chi connectivity index (χ2v) is 8.76. The minimum atomic E-state index is -0.367. The van der Waals surface area contributed by atoms with Gasteiger partial charge >= 0.3 is 11.9 Å². The van der Waals surface area contributed by atoms with Crippen molar-refractivity contribution in [3.63, 3.8) is 0 Å². The van der Waals surface area contributed by atoms with E-state index in [1.807, 2.05) is 48.5 Å². The number of aryl methyl sites for hydroxylation is 1. The number of carbonyl (C=O) groups is 2. The Bertz CT molecular complexity index is 1050. The summed E-state index contributed by atoms with van der Waals surface area (Å²) in [4.78, 5) is 24.7. The zero-order valence-electron chi connectivity index (χ0n) is 20.4. The van der Waals surface area contributed by atoms with E-state index in [0.717, 1.165) is 30.4 Å². The Hall–Kier alpha value is -3.40. The minimum Gasteiger partial charge on any atom is -0.462 e. The van der Waals surface area contributed by atoms with Crippen LogP contribution in [0.15, 0.2) is 72.8 Å². The number of hydrogen-bond donors (Lipinski definition) is 0. The number of rotatable bonds is 11. The van der Waals surface area contributed by atoms with Crippen LogP contribution in [0.4, 0.5) is 0 Å². The van der Waals surface area contributed by atoms with Crippen LogP contribution in [-0.4, -0.2) is 18.5 Å². The Balaban J connectivity index is 1.56. The molecule has 0 aliphatic carbocycles. The largest absolute Gasteiger partial charge is 0.462 e. The number of unbranched alkanes of at least 4 members (excludes halogenated alkanes) is 2. The van der Waals surface area contributed by atoms with Gasteiger partial charge in [-0.15, -0.1) is 0 Å². The highest BCUT2D eigenvalue weighted by Crippen LogP contribution is 2.24. The molecule has 3 rings (SSSR count). The van der Waals surface area contributed by atoms with Crippen molar-refractivity contribution in [1.82, 2.24) is 0 Å². The molecule has 0 fully saturated rings. The molecule has 0 bridgehead atoms. The van der Waals surface area contributed by atoms with Gasteiger partial charge in [0.05, 0.1) is 17.7 Å². The number of benzene rings is 3. The fourth-order valence-electron chi connectivity index (χ4n) is 3.49. The molecule has 3 aromatic rings. The van der Waals surface area contributed by atoms with Gasteiger partial charge in [-0.05, 0) is 71.8 Å². The summed E-state index contributed by atoms with van der Waals surface area (Å²) in [6, 6.07) is 22.3. The number of carbonyl (C=O) groups excluding carboxylic acids is 2. The van der Waals surface area contributed by atoms with Crippen LogP contribution in [0.25, 0.3) is 11.1 Å². The smallest absolute Gasteiger partial charge is 0.343 e. The van der Waals surface area contributed by atoms with Gasteiger partial charge in [-0.3, -0.25) is 0 Å². The van der Waals surface area contributed by atoms with Gasteiger partial charge in [0.2, 0.25) is 0 Å². The lowest BCUT2D eigenvalue weighted by Gasteiger charge is -2.10. The van der Waals surface area contributed by atoms with Gasteiger partial charge in [0.1, 0.15) is 5.75 Å². The Morgan fingerprint density at radius 1 is 0.735 bits per heavy atom. The number of ether oxygens (including phenoxy) is 2. The summed E-state index contributed by atoms with van der Waals surface area (Å²) in [5, 5.41) is 0. The first kappa shape index (κ1) is 25.2. The molecular formula is C30H34O4. The quantitative estimate of drug-likeness (QED) is 0.169. The van der Waals surface area contributed by atoms with Crippen LogP contribution in [0.3, 0.4) is 0 Å². The molecule has 0 N–H and O–H groups in total. The highest BCUT2D eigenvalue weighted by atomic mass is 16.5. The minimum absolute atomic E-state index is 0.303. The third-order valence-electron chi connectivity index (χ3n) is 5.97. The summed E-state index contributed by atoms with van der Waals surface area (Å²) >= 11 is 0. The molecule has 4 heteroatoms. The first-order valence-electron chi connectivity index (χ1n) is 12.2. The first-order valence-corrected chi connectivity index (χ1v) is 12.2. The Labute approximate surface area is 202 Å². The van der Waals surface area contributed by atoms with Crippen LogP contribution in [0.1, 0.15) is 72.7 Å². The summed E-state index contributed by atoms with van der Waals surface area (Å²) in [7, 11) is 0. The molecule has 3 aromatic carbocycles. The molecule has 0 saturated heterocycles. The molecule has 178 valence electrons. The van der Waals surface area contributed by atoms with Crippen molar-refractivity contribution >= 4 is 11.9 Å². The highest BCUT2D eigenvalue weighted by Gasteiger charge is 2.11. The fraction of sp³-hybridized carbons (Fsp3) is 0.333. The lowest BCUT2D eigenvalue weighted by molar-refractivity contribution is 0.0447. The summed E-state index contributed by atoms with van der Waals surface area (Å²) in [6.45, 7) is 6.75. The lowest BCUT2D eigenvalue weighted by Crippen LogP contribution is -2.11. The van der Waals surface area contributed by atoms with Crippen molar-refractivity contribution in [3.05, 3.63) is 89.5 Å². The monoisotopic (exact) mass is 458 g/mol. The van der Waals surface area contributed by atoms with Gasteiger partial charge < -0.3 is 9.47 Å². The maximum atomic E-state index is 12.5. The van der Waals surface area contributed by atoms with E-state index in [4.69, 9.17) is 9.47 Å². The van der Waals surface area contributed by atoms with Crippen molar-refractivity contribution in [3.8, 4) is 16.9 Å². The van der Waals surface area contributed by atoms with Crippen LogP contribution in [0.2, 0.25) is 0 Å². The summed E-state index contributed by atoms with van der Waals surface area (Å²) in [5.41, 5.74) is 4.25. The fourth-order valence-corrected chi connectivity index (χ4v) is 3.49. The van der Waals surface area contributed by atoms with Gasteiger partial charge in [0, 0.05) is 0 Å². The van der Waals surface area contributed by atoms with Gasteiger partial charge in [-0.25, -0.2) is 9.59 Å². The molecule has 0 aliphatic heterocycles.